The van der Waals surface area contributed by atoms with E-state index >= 15 is 0 Å². The molecule has 0 N–H and O–H groups in total. The summed E-state index contributed by atoms with van der Waals surface area (Å²) in [4.78, 5) is 11.8. The Morgan fingerprint density at radius 3 is 2.57 bits per heavy atom. The van der Waals surface area contributed by atoms with Crippen LogP contribution in [0.2, 0.25) is 0 Å². The summed E-state index contributed by atoms with van der Waals surface area (Å²) in [7, 11) is 0. The number of aldehydes is 1. The van der Waals surface area contributed by atoms with Gasteiger partial charge in [-0.3, -0.25) is 4.90 Å². The number of likely N-dealkylation sites (tertiary alicyclic amines) is 1. The van der Waals surface area contributed by atoms with Gasteiger partial charge in [0.05, 0.1) is 6.54 Å². The first-order valence-corrected chi connectivity index (χ1v) is 4.75. The van der Waals surface area contributed by atoms with E-state index in [9.17, 15) is 18.0 Å². The van der Waals surface area contributed by atoms with Gasteiger partial charge in [-0.15, -0.1) is 0 Å². The van der Waals surface area contributed by atoms with Crippen LogP contribution in [0.4, 0.5) is 13.2 Å². The van der Waals surface area contributed by atoms with E-state index in [1.54, 1.807) is 0 Å². The van der Waals surface area contributed by atoms with Crippen LogP contribution >= 0.6 is 0 Å². The van der Waals surface area contributed by atoms with Crippen LogP contribution in [0.3, 0.4) is 0 Å². The average Bonchev–Trinajstić information content (AvgIpc) is 2.27. The van der Waals surface area contributed by atoms with Gasteiger partial charge in [-0.25, -0.2) is 0 Å². The van der Waals surface area contributed by atoms with Crippen LogP contribution in [0.5, 0.6) is 0 Å². The predicted octanol–water partition coefficient (Wildman–Crippen LogP) is 1.85. The van der Waals surface area contributed by atoms with Crippen LogP contribution in [-0.2, 0) is 4.79 Å². The first-order chi connectivity index (χ1) is 6.51. The molecule has 0 amide bonds. The van der Waals surface area contributed by atoms with Gasteiger partial charge in [0.15, 0.2) is 0 Å². The monoisotopic (exact) mass is 209 g/mol. The molecule has 1 saturated heterocycles. The Morgan fingerprint density at radius 2 is 2.00 bits per heavy atom. The van der Waals surface area contributed by atoms with Gasteiger partial charge >= 0.3 is 6.18 Å². The number of hydrogen-bond donors (Lipinski definition) is 0. The lowest BCUT2D eigenvalue weighted by Crippen LogP contribution is -2.34. The second-order valence-electron chi connectivity index (χ2n) is 3.72. The van der Waals surface area contributed by atoms with Gasteiger partial charge in [-0.1, -0.05) is 0 Å². The maximum atomic E-state index is 12.0. The van der Waals surface area contributed by atoms with Crippen molar-refractivity contribution in [2.45, 2.75) is 25.4 Å². The minimum atomic E-state index is -4.12. The third-order valence-electron chi connectivity index (χ3n) is 2.46. The molecule has 1 unspecified atom stereocenters. The van der Waals surface area contributed by atoms with Crippen LogP contribution in [0.1, 0.15) is 19.3 Å². The van der Waals surface area contributed by atoms with E-state index in [0.29, 0.717) is 25.9 Å². The smallest absolute Gasteiger partial charge is 0.303 e. The Kier molecular flexibility index (Phi) is 3.92. The van der Waals surface area contributed by atoms with E-state index in [2.05, 4.69) is 0 Å². The van der Waals surface area contributed by atoms with E-state index < -0.39 is 12.7 Å². The first-order valence-electron chi connectivity index (χ1n) is 4.75. The molecule has 5 heteroatoms. The summed E-state index contributed by atoms with van der Waals surface area (Å²) in [5, 5.41) is 0. The molecule has 14 heavy (non-hydrogen) atoms. The van der Waals surface area contributed by atoms with Crippen molar-refractivity contribution in [3.63, 3.8) is 0 Å². The quantitative estimate of drug-likeness (QED) is 0.647. The van der Waals surface area contributed by atoms with Crippen molar-refractivity contribution in [2.75, 3.05) is 19.6 Å². The fraction of sp³-hybridized carbons (Fsp3) is 0.889. The number of halogens is 3. The largest absolute Gasteiger partial charge is 0.401 e. The van der Waals surface area contributed by atoms with Crippen molar-refractivity contribution in [3.8, 4) is 0 Å². The summed E-state index contributed by atoms with van der Waals surface area (Å²) in [5.41, 5.74) is 0. The highest BCUT2D eigenvalue weighted by molar-refractivity contribution is 5.53. The fourth-order valence-corrected chi connectivity index (χ4v) is 1.73. The number of hydrogen-bond acceptors (Lipinski definition) is 2. The topological polar surface area (TPSA) is 20.3 Å². The SMILES string of the molecule is O=CC1CCCN(CC(F)(F)F)CC1. The zero-order valence-corrected chi connectivity index (χ0v) is 7.89. The highest BCUT2D eigenvalue weighted by Gasteiger charge is 2.31. The summed E-state index contributed by atoms with van der Waals surface area (Å²) < 4.78 is 36.1. The molecule has 1 aliphatic rings. The minimum Gasteiger partial charge on any atom is -0.303 e. The molecule has 1 aliphatic heterocycles. The van der Waals surface area contributed by atoms with Crippen molar-refractivity contribution in [3.05, 3.63) is 0 Å². The lowest BCUT2D eigenvalue weighted by Gasteiger charge is -2.21. The Labute approximate surface area is 81.1 Å². The number of carbonyl (C=O) groups is 1. The van der Waals surface area contributed by atoms with Crippen LogP contribution in [-0.4, -0.2) is 37.0 Å². The van der Waals surface area contributed by atoms with Crippen LogP contribution < -0.4 is 0 Å². The summed E-state index contributed by atoms with van der Waals surface area (Å²) in [6.07, 6.45) is -1.31. The maximum absolute atomic E-state index is 12.0. The molecule has 0 aromatic carbocycles. The van der Waals surface area contributed by atoms with Crippen LogP contribution in [0, 0.1) is 5.92 Å². The van der Waals surface area contributed by atoms with Gasteiger partial charge in [0.2, 0.25) is 0 Å². The van der Waals surface area contributed by atoms with E-state index in [4.69, 9.17) is 0 Å². The van der Waals surface area contributed by atoms with E-state index in [0.717, 1.165) is 12.7 Å². The molecular formula is C9H14F3NO. The van der Waals surface area contributed by atoms with E-state index in [-0.39, 0.29) is 5.92 Å². The maximum Gasteiger partial charge on any atom is 0.401 e. The Hall–Kier alpha value is -0.580. The van der Waals surface area contributed by atoms with Gasteiger partial charge in [-0.05, 0) is 32.4 Å². The van der Waals surface area contributed by atoms with Crippen LogP contribution in [0.15, 0.2) is 0 Å². The van der Waals surface area contributed by atoms with Gasteiger partial charge in [-0.2, -0.15) is 13.2 Å². The van der Waals surface area contributed by atoms with Gasteiger partial charge in [0.1, 0.15) is 6.29 Å². The van der Waals surface area contributed by atoms with Gasteiger partial charge in [0.25, 0.3) is 0 Å². The third-order valence-corrected chi connectivity index (χ3v) is 2.46. The number of carbonyl (C=O) groups excluding carboxylic acids is 1. The molecule has 82 valence electrons. The lowest BCUT2D eigenvalue weighted by atomic mass is 10.0. The summed E-state index contributed by atoms with van der Waals surface area (Å²) in [6, 6.07) is 0. The van der Waals surface area contributed by atoms with Crippen molar-refractivity contribution in [2.24, 2.45) is 5.92 Å². The molecule has 0 aromatic rings. The molecule has 0 aliphatic carbocycles. The first kappa shape index (κ1) is 11.5. The van der Waals surface area contributed by atoms with Crippen molar-refractivity contribution in [1.82, 2.24) is 4.90 Å². The summed E-state index contributed by atoms with van der Waals surface area (Å²) in [5.74, 6) is -0.0479. The van der Waals surface area contributed by atoms with E-state index in [1.165, 1.54) is 4.90 Å². The summed E-state index contributed by atoms with van der Waals surface area (Å²) >= 11 is 0. The van der Waals surface area contributed by atoms with Crippen molar-refractivity contribution in [1.29, 1.82) is 0 Å². The molecule has 1 atom stereocenters. The van der Waals surface area contributed by atoms with Crippen LogP contribution in [0.25, 0.3) is 0 Å². The molecule has 1 fully saturated rings. The molecule has 0 spiro atoms. The Morgan fingerprint density at radius 1 is 1.29 bits per heavy atom. The highest BCUT2D eigenvalue weighted by atomic mass is 19.4. The normalized spacial score (nSPS) is 25.8. The Bertz CT molecular complexity index is 193. The average molecular weight is 209 g/mol. The number of nitrogens with zero attached hydrogens (tertiary/aromatic N) is 1. The number of rotatable bonds is 2. The molecule has 0 radical (unpaired) electrons. The highest BCUT2D eigenvalue weighted by Crippen LogP contribution is 2.21. The van der Waals surface area contributed by atoms with E-state index in [1.807, 2.05) is 0 Å². The fourth-order valence-electron chi connectivity index (χ4n) is 1.73. The second-order valence-corrected chi connectivity index (χ2v) is 3.72. The molecule has 2 nitrogen and oxygen atoms in total. The molecule has 0 bridgehead atoms. The lowest BCUT2D eigenvalue weighted by molar-refractivity contribution is -0.145. The molecular weight excluding hydrogens is 195 g/mol. The number of alkyl halides is 3. The predicted molar refractivity (Wildman–Crippen MR) is 45.9 cm³/mol. The molecule has 1 rings (SSSR count). The second kappa shape index (κ2) is 4.77. The van der Waals surface area contributed by atoms with Gasteiger partial charge < -0.3 is 4.79 Å². The zero-order valence-electron chi connectivity index (χ0n) is 7.89. The summed E-state index contributed by atoms with van der Waals surface area (Å²) in [6.45, 7) is -0.0225. The molecule has 0 aromatic heterocycles. The van der Waals surface area contributed by atoms with Gasteiger partial charge in [0, 0.05) is 5.92 Å². The molecule has 1 heterocycles. The standard InChI is InChI=1S/C9H14F3NO/c10-9(11,12)7-13-4-1-2-8(6-14)3-5-13/h6,8H,1-5,7H2. The molecule has 0 saturated carbocycles. The third kappa shape index (κ3) is 4.09. The zero-order chi connectivity index (χ0) is 10.6. The van der Waals surface area contributed by atoms with Crippen molar-refractivity contribution < 1.29 is 18.0 Å². The minimum absolute atomic E-state index is 0.0479. The Balaban J connectivity index is 2.38. The van der Waals surface area contributed by atoms with Crippen molar-refractivity contribution >= 4 is 6.29 Å².